The zero-order valence-corrected chi connectivity index (χ0v) is 15.7. The van der Waals surface area contributed by atoms with Crippen molar-refractivity contribution in [2.24, 2.45) is 0 Å². The van der Waals surface area contributed by atoms with Gasteiger partial charge in [-0.15, -0.1) is 0 Å². The predicted octanol–water partition coefficient (Wildman–Crippen LogP) is 5.19. The Balaban J connectivity index is 2.78. The number of carboxylic acid groups (broad SMARTS) is 1. The molecule has 25 heavy (non-hydrogen) atoms. The molecular weight excluding hydrogens is 363 g/mol. The lowest BCUT2D eigenvalue weighted by atomic mass is 9.71. The van der Waals surface area contributed by atoms with Crippen molar-refractivity contribution < 1.29 is 20.1 Å². The van der Waals surface area contributed by atoms with Crippen LogP contribution in [0.25, 0.3) is 0 Å². The van der Waals surface area contributed by atoms with E-state index in [0.717, 1.165) is 0 Å². The van der Waals surface area contributed by atoms with Crippen molar-refractivity contribution in [3.63, 3.8) is 0 Å². The molecule has 6 heteroatoms. The van der Waals surface area contributed by atoms with Crippen molar-refractivity contribution in [2.75, 3.05) is 0 Å². The first-order chi connectivity index (χ1) is 11.6. The van der Waals surface area contributed by atoms with E-state index in [4.69, 9.17) is 28.3 Å². The van der Waals surface area contributed by atoms with Crippen LogP contribution in [-0.2, 0) is 10.2 Å². The fraction of sp³-hybridized carbons (Fsp3) is 0.316. The number of benzene rings is 2. The molecule has 0 saturated heterocycles. The molecule has 0 aliphatic heterocycles. The Morgan fingerprint density at radius 3 is 1.72 bits per heavy atom. The number of hydrogen-bond donors (Lipinski definition) is 3. The number of aliphatic carboxylic acids is 1. The molecule has 2 aromatic carbocycles. The predicted molar refractivity (Wildman–Crippen MR) is 99.0 cm³/mol. The molecule has 2 aromatic rings. The van der Waals surface area contributed by atoms with E-state index in [2.05, 4.69) is 0 Å². The number of carboxylic acids is 1. The summed E-state index contributed by atoms with van der Waals surface area (Å²) in [6.45, 7) is 5.20. The largest absolute Gasteiger partial charge is 0.507 e. The van der Waals surface area contributed by atoms with Crippen LogP contribution in [0.2, 0.25) is 10.0 Å². The van der Waals surface area contributed by atoms with Crippen LogP contribution in [0.3, 0.4) is 0 Å². The van der Waals surface area contributed by atoms with E-state index >= 15 is 0 Å². The number of hydrogen-bond acceptors (Lipinski definition) is 3. The van der Waals surface area contributed by atoms with Crippen molar-refractivity contribution >= 4 is 29.2 Å². The first-order valence-corrected chi connectivity index (χ1v) is 8.53. The summed E-state index contributed by atoms with van der Waals surface area (Å²) in [6, 6.07) is 6.45. The Morgan fingerprint density at radius 2 is 1.36 bits per heavy atom. The Morgan fingerprint density at radius 1 is 0.960 bits per heavy atom. The highest BCUT2D eigenvalue weighted by molar-refractivity contribution is 6.31. The van der Waals surface area contributed by atoms with E-state index in [1.165, 1.54) is 0 Å². The second kappa shape index (κ2) is 7.14. The first-order valence-electron chi connectivity index (χ1n) is 7.77. The van der Waals surface area contributed by atoms with Crippen molar-refractivity contribution in [1.82, 2.24) is 0 Å². The van der Waals surface area contributed by atoms with Gasteiger partial charge in [0, 0.05) is 33.0 Å². The number of carbonyl (C=O) groups is 1. The van der Waals surface area contributed by atoms with Gasteiger partial charge in [-0.3, -0.25) is 4.79 Å². The minimum atomic E-state index is -0.988. The lowest BCUT2D eigenvalue weighted by molar-refractivity contribution is -0.137. The summed E-state index contributed by atoms with van der Waals surface area (Å²) in [5.41, 5.74) is 1.06. The van der Waals surface area contributed by atoms with Crippen LogP contribution in [0.1, 0.15) is 42.0 Å². The lowest BCUT2D eigenvalue weighted by Gasteiger charge is -2.33. The third-order valence-corrected chi connectivity index (χ3v) is 4.99. The third kappa shape index (κ3) is 3.86. The molecular formula is C19H20Cl2O4. The molecule has 0 aromatic heterocycles. The second-order valence-corrected chi connectivity index (χ2v) is 7.34. The quantitative estimate of drug-likeness (QED) is 0.664. The molecule has 3 N–H and O–H groups in total. The van der Waals surface area contributed by atoms with Crippen LogP contribution in [0, 0.1) is 13.8 Å². The summed E-state index contributed by atoms with van der Waals surface area (Å²) >= 11 is 12.3. The first kappa shape index (κ1) is 19.4. The fourth-order valence-electron chi connectivity index (χ4n) is 3.08. The van der Waals surface area contributed by atoms with Crippen molar-refractivity contribution in [2.45, 2.75) is 39.0 Å². The average molecular weight is 383 g/mol. The number of phenols is 2. The molecule has 0 amide bonds. The highest BCUT2D eigenvalue weighted by Crippen LogP contribution is 2.47. The monoisotopic (exact) mass is 382 g/mol. The minimum Gasteiger partial charge on any atom is -0.507 e. The fourth-order valence-corrected chi connectivity index (χ4v) is 3.63. The molecule has 2 rings (SSSR count). The van der Waals surface area contributed by atoms with E-state index in [0.29, 0.717) is 32.3 Å². The topological polar surface area (TPSA) is 77.8 Å². The molecule has 0 aliphatic rings. The second-order valence-electron chi connectivity index (χ2n) is 6.46. The van der Waals surface area contributed by atoms with E-state index in [-0.39, 0.29) is 24.3 Å². The summed E-state index contributed by atoms with van der Waals surface area (Å²) in [6.07, 6.45) is 0.00944. The van der Waals surface area contributed by atoms with Gasteiger partial charge in [0.1, 0.15) is 11.5 Å². The molecule has 0 unspecified atom stereocenters. The van der Waals surface area contributed by atoms with Gasteiger partial charge in [0.15, 0.2) is 0 Å². The van der Waals surface area contributed by atoms with E-state index in [1.54, 1.807) is 45.0 Å². The van der Waals surface area contributed by atoms with Crippen LogP contribution >= 0.6 is 23.2 Å². The van der Waals surface area contributed by atoms with Crippen LogP contribution in [0.5, 0.6) is 11.5 Å². The SMILES string of the molecule is Cc1cc(Cl)cc(C(C)(CCC(=O)O)c2cc(Cl)cc(C)c2O)c1O. The molecule has 0 spiro atoms. The van der Waals surface area contributed by atoms with Gasteiger partial charge in [-0.05, 0) is 55.7 Å². The Bertz CT molecular complexity index is 773. The number of aromatic hydroxyl groups is 2. The van der Waals surface area contributed by atoms with Gasteiger partial charge in [0.05, 0.1) is 0 Å². The molecule has 0 saturated carbocycles. The van der Waals surface area contributed by atoms with E-state index < -0.39 is 11.4 Å². The number of phenolic OH excluding ortho intramolecular Hbond substituents is 2. The van der Waals surface area contributed by atoms with E-state index in [9.17, 15) is 15.0 Å². The lowest BCUT2D eigenvalue weighted by Crippen LogP contribution is -2.26. The van der Waals surface area contributed by atoms with Gasteiger partial charge < -0.3 is 15.3 Å². The Kier molecular flexibility index (Phi) is 5.55. The standard InChI is InChI=1S/C19H20Cl2O4/c1-10-6-12(20)8-14(17(10)24)19(3,5-4-16(22)23)15-9-13(21)7-11(2)18(15)25/h6-9,24-25H,4-5H2,1-3H3,(H,22,23). The minimum absolute atomic E-state index is 0.0225. The Labute approximate surface area is 156 Å². The summed E-state index contributed by atoms with van der Waals surface area (Å²) in [5, 5.41) is 31.2. The van der Waals surface area contributed by atoms with Gasteiger partial charge >= 0.3 is 5.97 Å². The maximum Gasteiger partial charge on any atom is 0.303 e. The van der Waals surface area contributed by atoms with E-state index in [1.807, 2.05) is 0 Å². The van der Waals surface area contributed by atoms with Crippen LogP contribution in [-0.4, -0.2) is 21.3 Å². The zero-order chi connectivity index (χ0) is 18.9. The summed E-state index contributed by atoms with van der Waals surface area (Å²) in [4.78, 5) is 11.2. The summed E-state index contributed by atoms with van der Waals surface area (Å²) < 4.78 is 0. The van der Waals surface area contributed by atoms with Gasteiger partial charge in [-0.2, -0.15) is 0 Å². The smallest absolute Gasteiger partial charge is 0.303 e. The van der Waals surface area contributed by atoms with Crippen molar-refractivity contribution in [3.8, 4) is 11.5 Å². The number of aryl methyl sites for hydroxylation is 2. The summed E-state index contributed by atoms with van der Waals surface area (Å²) in [7, 11) is 0. The molecule has 4 nitrogen and oxygen atoms in total. The molecule has 0 atom stereocenters. The van der Waals surface area contributed by atoms with Crippen molar-refractivity contribution in [1.29, 1.82) is 0 Å². The molecule has 0 bridgehead atoms. The zero-order valence-electron chi connectivity index (χ0n) is 14.2. The van der Waals surface area contributed by atoms with Gasteiger partial charge in [0.25, 0.3) is 0 Å². The highest BCUT2D eigenvalue weighted by Gasteiger charge is 2.36. The molecule has 134 valence electrons. The third-order valence-electron chi connectivity index (χ3n) is 4.56. The van der Waals surface area contributed by atoms with Crippen LogP contribution < -0.4 is 0 Å². The number of halogens is 2. The Hall–Kier alpha value is -1.91. The van der Waals surface area contributed by atoms with Gasteiger partial charge in [-0.25, -0.2) is 0 Å². The van der Waals surface area contributed by atoms with Gasteiger partial charge in [0.2, 0.25) is 0 Å². The van der Waals surface area contributed by atoms with Crippen molar-refractivity contribution in [3.05, 3.63) is 56.6 Å². The molecule has 0 fully saturated rings. The molecule has 0 heterocycles. The average Bonchev–Trinajstić information content (AvgIpc) is 2.52. The maximum absolute atomic E-state index is 11.2. The van der Waals surface area contributed by atoms with Gasteiger partial charge in [-0.1, -0.05) is 30.1 Å². The molecule has 0 aliphatic carbocycles. The van der Waals surface area contributed by atoms with Crippen LogP contribution in [0.4, 0.5) is 0 Å². The number of rotatable bonds is 5. The normalized spacial score (nSPS) is 11.6. The van der Waals surface area contributed by atoms with Crippen LogP contribution in [0.15, 0.2) is 24.3 Å². The molecule has 0 radical (unpaired) electrons. The maximum atomic E-state index is 11.2. The highest BCUT2D eigenvalue weighted by atomic mass is 35.5. The summed E-state index contributed by atoms with van der Waals surface area (Å²) in [5.74, 6) is -0.925.